The third-order valence-electron chi connectivity index (χ3n) is 2.97. The van der Waals surface area contributed by atoms with Crippen LogP contribution in [0.3, 0.4) is 0 Å². The molecule has 1 aromatic carbocycles. The summed E-state index contributed by atoms with van der Waals surface area (Å²) in [5.41, 5.74) is 1.16. The molecule has 7 nitrogen and oxygen atoms in total. The first kappa shape index (κ1) is 14.0. The fourth-order valence-electron chi connectivity index (χ4n) is 1.88. The fraction of sp³-hybridized carbons (Fsp3) is 0.308. The van der Waals surface area contributed by atoms with Gasteiger partial charge in [0.25, 0.3) is 0 Å². The first-order valence-electron chi connectivity index (χ1n) is 5.96. The third kappa shape index (κ3) is 2.77. The van der Waals surface area contributed by atoms with E-state index in [-0.39, 0.29) is 12.2 Å². The average molecular weight is 278 g/mol. The number of rotatable bonds is 5. The summed E-state index contributed by atoms with van der Waals surface area (Å²) in [4.78, 5) is 37.1. The van der Waals surface area contributed by atoms with E-state index in [4.69, 9.17) is 4.42 Å². The number of aromatic nitrogens is 1. The van der Waals surface area contributed by atoms with Crippen LogP contribution in [0.4, 0.5) is 0 Å². The minimum atomic E-state index is -0.689. The maximum Gasteiger partial charge on any atom is 0.417 e. The average Bonchev–Trinajstić information content (AvgIpc) is 2.82. The van der Waals surface area contributed by atoms with E-state index in [0.29, 0.717) is 16.7 Å². The lowest BCUT2D eigenvalue weighted by Gasteiger charge is -2.13. The van der Waals surface area contributed by atoms with Crippen LogP contribution in [0.1, 0.15) is 16.8 Å². The molecule has 0 saturated heterocycles. The van der Waals surface area contributed by atoms with Crippen molar-refractivity contribution < 1.29 is 18.7 Å². The molecule has 2 N–H and O–H groups in total. The lowest BCUT2D eigenvalue weighted by Crippen LogP contribution is -2.36. The van der Waals surface area contributed by atoms with Gasteiger partial charge in [-0.3, -0.25) is 14.6 Å². The Kier molecular flexibility index (Phi) is 3.99. The second-order valence-electron chi connectivity index (χ2n) is 4.21. The van der Waals surface area contributed by atoms with Crippen LogP contribution in [0, 0.1) is 0 Å². The van der Waals surface area contributed by atoms with Gasteiger partial charge < -0.3 is 14.5 Å². The number of hydrogen-bond donors (Lipinski definition) is 2. The summed E-state index contributed by atoms with van der Waals surface area (Å²) in [6.07, 6.45) is -0.0685. The van der Waals surface area contributed by atoms with Crippen molar-refractivity contribution in [3.05, 3.63) is 34.3 Å². The number of benzene rings is 1. The highest BCUT2D eigenvalue weighted by molar-refractivity contribution is 6.03. The van der Waals surface area contributed by atoms with E-state index in [1.165, 1.54) is 13.2 Å². The van der Waals surface area contributed by atoms with Gasteiger partial charge in [0.1, 0.15) is 0 Å². The zero-order chi connectivity index (χ0) is 14.7. The Bertz CT molecular complexity index is 700. The number of ketones is 1. The summed E-state index contributed by atoms with van der Waals surface area (Å²) in [5, 5.41) is 2.77. The van der Waals surface area contributed by atoms with E-state index < -0.39 is 17.8 Å². The predicted octanol–water partition coefficient (Wildman–Crippen LogP) is 0.455. The van der Waals surface area contributed by atoms with E-state index in [1.807, 2.05) is 0 Å². The maximum atomic E-state index is 12.3. The van der Waals surface area contributed by atoms with E-state index in [1.54, 1.807) is 19.2 Å². The Hall–Kier alpha value is -2.41. The zero-order valence-corrected chi connectivity index (χ0v) is 11.1. The molecule has 106 valence electrons. The Morgan fingerprint density at radius 3 is 2.85 bits per heavy atom. The monoisotopic (exact) mass is 278 g/mol. The van der Waals surface area contributed by atoms with Crippen molar-refractivity contribution in [1.29, 1.82) is 0 Å². The second kappa shape index (κ2) is 5.70. The molecule has 1 unspecified atom stereocenters. The van der Waals surface area contributed by atoms with Gasteiger partial charge in [-0.15, -0.1) is 0 Å². The molecular weight excluding hydrogens is 264 g/mol. The van der Waals surface area contributed by atoms with Crippen LogP contribution in [0.25, 0.3) is 11.1 Å². The number of nitrogens with one attached hydrogen (secondary N) is 2. The molecule has 1 heterocycles. The first-order chi connectivity index (χ1) is 9.55. The smallest absolute Gasteiger partial charge is 0.417 e. The summed E-state index contributed by atoms with van der Waals surface area (Å²) in [6.45, 7) is 0. The van der Waals surface area contributed by atoms with Gasteiger partial charge in [0.05, 0.1) is 25.1 Å². The highest BCUT2D eigenvalue weighted by atomic mass is 16.5. The summed E-state index contributed by atoms with van der Waals surface area (Å²) >= 11 is 0. The molecule has 20 heavy (non-hydrogen) atoms. The van der Waals surface area contributed by atoms with Crippen LogP contribution in [0.2, 0.25) is 0 Å². The number of aromatic amines is 1. The Labute approximate surface area is 113 Å². The molecule has 0 spiro atoms. The van der Waals surface area contributed by atoms with E-state index in [0.717, 1.165) is 0 Å². The van der Waals surface area contributed by atoms with Gasteiger partial charge in [-0.25, -0.2) is 4.79 Å². The van der Waals surface area contributed by atoms with Crippen LogP contribution in [-0.4, -0.2) is 36.9 Å². The molecule has 7 heteroatoms. The first-order valence-corrected chi connectivity index (χ1v) is 5.96. The van der Waals surface area contributed by atoms with Gasteiger partial charge in [0.15, 0.2) is 11.4 Å². The lowest BCUT2D eigenvalue weighted by atomic mass is 10.0. The molecule has 2 rings (SSSR count). The summed E-state index contributed by atoms with van der Waals surface area (Å²) in [5.74, 6) is -1.33. The number of methoxy groups -OCH3 is 1. The van der Waals surface area contributed by atoms with Crippen molar-refractivity contribution in [3.63, 3.8) is 0 Å². The molecule has 1 atom stereocenters. The number of esters is 1. The second-order valence-corrected chi connectivity index (χ2v) is 4.21. The predicted molar refractivity (Wildman–Crippen MR) is 70.6 cm³/mol. The van der Waals surface area contributed by atoms with Crippen molar-refractivity contribution in [2.45, 2.75) is 12.5 Å². The van der Waals surface area contributed by atoms with Gasteiger partial charge in [-0.1, -0.05) is 0 Å². The minimum absolute atomic E-state index is 0.0685. The minimum Gasteiger partial charge on any atom is -0.469 e. The Morgan fingerprint density at radius 1 is 1.45 bits per heavy atom. The fourth-order valence-corrected chi connectivity index (χ4v) is 1.88. The van der Waals surface area contributed by atoms with Crippen LogP contribution in [0.15, 0.2) is 27.4 Å². The Balaban J connectivity index is 2.28. The molecule has 1 aromatic heterocycles. The number of fused-ring (bicyclic) bond motifs is 1. The molecule has 0 aliphatic rings. The van der Waals surface area contributed by atoms with Crippen molar-refractivity contribution in [3.8, 4) is 0 Å². The van der Waals surface area contributed by atoms with Crippen LogP contribution in [0.5, 0.6) is 0 Å². The van der Waals surface area contributed by atoms with E-state index in [9.17, 15) is 14.4 Å². The van der Waals surface area contributed by atoms with Gasteiger partial charge in [-0.2, -0.15) is 0 Å². The molecule has 0 fully saturated rings. The molecular formula is C13H14N2O5. The molecule has 0 radical (unpaired) electrons. The van der Waals surface area contributed by atoms with Crippen LogP contribution < -0.4 is 11.1 Å². The van der Waals surface area contributed by atoms with Crippen molar-refractivity contribution in [2.75, 3.05) is 14.2 Å². The van der Waals surface area contributed by atoms with Crippen LogP contribution in [-0.2, 0) is 9.53 Å². The normalized spacial score (nSPS) is 12.3. The molecule has 0 saturated carbocycles. The number of ether oxygens (including phenoxy) is 1. The summed E-state index contributed by atoms with van der Waals surface area (Å²) in [6, 6.07) is 3.93. The lowest BCUT2D eigenvalue weighted by molar-refractivity contribution is -0.140. The number of carbonyl (C=O) groups is 2. The van der Waals surface area contributed by atoms with Gasteiger partial charge in [0.2, 0.25) is 0 Å². The topological polar surface area (TPSA) is 101 Å². The SMILES string of the molecule is CNC(CC(=O)OC)C(=O)c1ccc2[nH]c(=O)oc2c1. The highest BCUT2D eigenvalue weighted by Crippen LogP contribution is 2.15. The largest absolute Gasteiger partial charge is 0.469 e. The highest BCUT2D eigenvalue weighted by Gasteiger charge is 2.22. The number of Topliss-reactive ketones (excluding diaryl/α,β-unsaturated/α-hetero) is 1. The van der Waals surface area contributed by atoms with Gasteiger partial charge in [-0.05, 0) is 25.2 Å². The molecule has 0 bridgehead atoms. The maximum absolute atomic E-state index is 12.3. The number of carbonyl (C=O) groups excluding carboxylic acids is 2. The van der Waals surface area contributed by atoms with E-state index in [2.05, 4.69) is 15.0 Å². The third-order valence-corrected chi connectivity index (χ3v) is 2.97. The Morgan fingerprint density at radius 2 is 2.20 bits per heavy atom. The summed E-state index contributed by atoms with van der Waals surface area (Å²) in [7, 11) is 2.85. The number of H-pyrrole nitrogens is 1. The van der Waals surface area contributed by atoms with Crippen molar-refractivity contribution in [2.24, 2.45) is 0 Å². The molecule has 0 aliphatic carbocycles. The number of oxazole rings is 1. The van der Waals surface area contributed by atoms with Crippen molar-refractivity contribution >= 4 is 22.9 Å². The zero-order valence-electron chi connectivity index (χ0n) is 11.1. The standard InChI is InChI=1S/C13H14N2O5/c1-14-9(6-11(16)19-2)12(17)7-3-4-8-10(5-7)20-13(18)15-8/h3-5,9,14H,6H2,1-2H3,(H,15,18). The molecule has 0 amide bonds. The molecule has 0 aliphatic heterocycles. The van der Waals surface area contributed by atoms with Crippen LogP contribution >= 0.6 is 0 Å². The van der Waals surface area contributed by atoms with E-state index >= 15 is 0 Å². The van der Waals surface area contributed by atoms with Crippen molar-refractivity contribution in [1.82, 2.24) is 10.3 Å². The summed E-state index contributed by atoms with van der Waals surface area (Å²) < 4.78 is 9.45. The number of likely N-dealkylation sites (N-methyl/N-ethyl adjacent to an activating group) is 1. The number of hydrogen-bond acceptors (Lipinski definition) is 6. The quantitative estimate of drug-likeness (QED) is 0.608. The molecule has 2 aromatic rings. The van der Waals surface area contributed by atoms with Gasteiger partial charge in [0, 0.05) is 5.56 Å². The van der Waals surface area contributed by atoms with Gasteiger partial charge >= 0.3 is 11.7 Å².